The van der Waals surface area contributed by atoms with Crippen LogP contribution in [-0.4, -0.2) is 193 Å². The molecule has 12 N–H and O–H groups in total. The molecule has 0 radical (unpaired) electrons. The normalized spacial score (nSPS) is 28.6. The molecule has 0 bridgehead atoms. The lowest BCUT2D eigenvalue weighted by atomic mass is 9.96. The molecule has 1 amide bonds. The fourth-order valence-electron chi connectivity index (χ4n) is 11.6. The molecule has 0 saturated carbocycles. The Bertz CT molecular complexity index is 1850. The molecule has 3 saturated heterocycles. The van der Waals surface area contributed by atoms with E-state index in [-0.39, 0.29) is 18.9 Å². The molecule has 0 aromatic rings. The summed E-state index contributed by atoms with van der Waals surface area (Å²) in [5.74, 6) is -0.286. The first-order valence-electron chi connectivity index (χ1n) is 35.0. The van der Waals surface area contributed by atoms with Crippen molar-refractivity contribution in [2.75, 3.05) is 26.4 Å². The van der Waals surface area contributed by atoms with Crippen LogP contribution in [0.4, 0.5) is 0 Å². The number of unbranched alkanes of at least 4 members (excludes halogenated alkanes) is 29. The average molecular weight is 1270 g/mol. The second-order valence-electron chi connectivity index (χ2n) is 25.0. The third-order valence-electron chi connectivity index (χ3n) is 17.3. The van der Waals surface area contributed by atoms with Gasteiger partial charge in [0.25, 0.3) is 0 Å². The predicted molar refractivity (Wildman–Crippen MR) is 346 cm³/mol. The number of hydrogen-bond acceptors (Lipinski definition) is 18. The zero-order chi connectivity index (χ0) is 64.7. The van der Waals surface area contributed by atoms with Gasteiger partial charge in [0.15, 0.2) is 18.9 Å². The monoisotopic (exact) mass is 1270 g/mol. The first-order chi connectivity index (χ1) is 43.3. The van der Waals surface area contributed by atoms with Crippen molar-refractivity contribution in [3.05, 3.63) is 60.8 Å². The second-order valence-corrected chi connectivity index (χ2v) is 25.0. The SMILES string of the molecule is CCCCCCC/C=C\C/C=C\C/C=C\CCCCCCCCCCCCCCCCCCCCC(=O)NC(COC1OC(CO)C(OC2OC(CO)C(OC3OC(CO)C(O)C(O)C3O)C(O)C2O)C(O)C1O)C(O)/C=C/CC/C=C/CCCCCCC. The lowest BCUT2D eigenvalue weighted by Gasteiger charge is -2.48. The molecule has 89 heavy (non-hydrogen) atoms. The lowest BCUT2D eigenvalue weighted by molar-refractivity contribution is -0.379. The minimum Gasteiger partial charge on any atom is -0.394 e. The zero-order valence-electron chi connectivity index (χ0n) is 54.6. The summed E-state index contributed by atoms with van der Waals surface area (Å²) < 4.78 is 34.3. The smallest absolute Gasteiger partial charge is 0.220 e. The summed E-state index contributed by atoms with van der Waals surface area (Å²) in [5.41, 5.74) is 0. The standard InChI is InChI=1S/C70H125NO18/c1-3-5-7-9-11-13-15-16-17-18-19-20-21-22-23-24-25-26-27-28-29-30-31-32-33-34-35-36-38-40-42-44-46-48-58(76)71-53(54(75)47-45-43-41-39-37-14-12-10-8-6-4-2)52-84-68-64(82)61(79)66(56(50-73)86-68)89-70-65(83)62(80)67(57(51-74)87-70)88-69-63(81)60(78)59(77)55(49-72)85-69/h15-16,18-19,21-22,37,39,45,47,53-57,59-70,72-75,77-83H,3-14,17,20,23-36,38,40-44,46,48-52H2,1-2H3,(H,71,76)/b16-15-,19-18-,22-21-,39-37+,47-45+. The Kier molecular flexibility index (Phi) is 47.0. The molecule has 0 aromatic carbocycles. The molecular formula is C70H125NO18. The summed E-state index contributed by atoms with van der Waals surface area (Å²) in [6.45, 7) is 1.67. The summed E-state index contributed by atoms with van der Waals surface area (Å²) in [7, 11) is 0. The Morgan fingerprint density at radius 1 is 0.404 bits per heavy atom. The third kappa shape index (κ3) is 33.9. The third-order valence-corrected chi connectivity index (χ3v) is 17.3. The molecule has 3 rings (SSSR count). The number of carbonyl (C=O) groups is 1. The molecular weight excluding hydrogens is 1140 g/mol. The molecule has 3 aliphatic heterocycles. The summed E-state index contributed by atoms with van der Waals surface area (Å²) in [5, 5.41) is 120. The Hall–Kier alpha value is -2.51. The number of hydrogen-bond donors (Lipinski definition) is 12. The van der Waals surface area contributed by atoms with Crippen molar-refractivity contribution < 1.29 is 89.4 Å². The highest BCUT2D eigenvalue weighted by atomic mass is 16.8. The van der Waals surface area contributed by atoms with E-state index in [1.54, 1.807) is 6.08 Å². The molecule has 17 unspecified atom stereocenters. The van der Waals surface area contributed by atoms with Gasteiger partial charge in [0, 0.05) is 6.42 Å². The fourth-order valence-corrected chi connectivity index (χ4v) is 11.6. The van der Waals surface area contributed by atoms with Gasteiger partial charge in [0.05, 0.1) is 38.6 Å². The number of amides is 1. The maximum absolute atomic E-state index is 13.4. The van der Waals surface area contributed by atoms with Gasteiger partial charge in [-0.1, -0.05) is 229 Å². The van der Waals surface area contributed by atoms with Gasteiger partial charge in [-0.05, 0) is 70.6 Å². The fraction of sp³-hybridized carbons (Fsp3) is 0.843. The van der Waals surface area contributed by atoms with Crippen molar-refractivity contribution in [3.63, 3.8) is 0 Å². The number of allylic oxidation sites excluding steroid dienone is 9. The van der Waals surface area contributed by atoms with Gasteiger partial charge in [-0.15, -0.1) is 0 Å². The minimum absolute atomic E-state index is 0.235. The van der Waals surface area contributed by atoms with Gasteiger partial charge >= 0.3 is 0 Å². The van der Waals surface area contributed by atoms with Gasteiger partial charge in [-0.3, -0.25) is 4.79 Å². The highest BCUT2D eigenvalue weighted by Gasteiger charge is 2.53. The van der Waals surface area contributed by atoms with Crippen LogP contribution in [0.25, 0.3) is 0 Å². The van der Waals surface area contributed by atoms with Crippen molar-refractivity contribution in [1.29, 1.82) is 0 Å². The van der Waals surface area contributed by atoms with Crippen molar-refractivity contribution in [3.8, 4) is 0 Å². The first kappa shape index (κ1) is 80.7. The van der Waals surface area contributed by atoms with Crippen LogP contribution in [0.3, 0.4) is 0 Å². The number of nitrogens with one attached hydrogen (secondary N) is 1. The molecule has 0 spiro atoms. The molecule has 3 aliphatic rings. The molecule has 3 heterocycles. The number of aliphatic hydroxyl groups excluding tert-OH is 11. The molecule has 518 valence electrons. The molecule has 3 fully saturated rings. The van der Waals surface area contributed by atoms with Gasteiger partial charge in [0.2, 0.25) is 5.91 Å². The summed E-state index contributed by atoms with van der Waals surface area (Å²) in [6, 6.07) is -0.989. The second kappa shape index (κ2) is 51.8. The number of carbonyl (C=O) groups excluding carboxylic acids is 1. The highest BCUT2D eigenvalue weighted by Crippen LogP contribution is 2.33. The average Bonchev–Trinajstić information content (AvgIpc) is 1.33. The molecule has 0 aromatic heterocycles. The molecule has 0 aliphatic carbocycles. The highest BCUT2D eigenvalue weighted by molar-refractivity contribution is 5.76. The van der Waals surface area contributed by atoms with E-state index in [0.717, 1.165) is 51.4 Å². The van der Waals surface area contributed by atoms with Gasteiger partial charge in [0.1, 0.15) is 73.2 Å². The van der Waals surface area contributed by atoms with Gasteiger partial charge in [-0.25, -0.2) is 0 Å². The van der Waals surface area contributed by atoms with E-state index in [1.165, 1.54) is 161 Å². The van der Waals surface area contributed by atoms with Gasteiger partial charge < -0.3 is 89.9 Å². The van der Waals surface area contributed by atoms with E-state index in [9.17, 15) is 61.0 Å². The maximum Gasteiger partial charge on any atom is 0.220 e. The van der Waals surface area contributed by atoms with Gasteiger partial charge in [-0.2, -0.15) is 0 Å². The van der Waals surface area contributed by atoms with E-state index in [1.807, 2.05) is 6.08 Å². The van der Waals surface area contributed by atoms with Crippen LogP contribution in [0, 0.1) is 0 Å². The molecule has 17 atom stereocenters. The van der Waals surface area contributed by atoms with Crippen molar-refractivity contribution >= 4 is 5.91 Å². The minimum atomic E-state index is -1.98. The topological polar surface area (TPSA) is 307 Å². The van der Waals surface area contributed by atoms with Crippen LogP contribution in [0.5, 0.6) is 0 Å². The Labute approximate surface area is 535 Å². The first-order valence-corrected chi connectivity index (χ1v) is 35.0. The van der Waals surface area contributed by atoms with Crippen molar-refractivity contribution in [1.82, 2.24) is 5.32 Å². The zero-order valence-corrected chi connectivity index (χ0v) is 54.6. The van der Waals surface area contributed by atoms with E-state index in [4.69, 9.17) is 28.4 Å². The molecule has 19 heteroatoms. The van der Waals surface area contributed by atoms with E-state index < -0.39 is 124 Å². The van der Waals surface area contributed by atoms with E-state index >= 15 is 0 Å². The molecule has 19 nitrogen and oxygen atoms in total. The van der Waals surface area contributed by atoms with E-state index in [0.29, 0.717) is 12.8 Å². The van der Waals surface area contributed by atoms with Crippen LogP contribution in [0.1, 0.15) is 245 Å². The van der Waals surface area contributed by atoms with Crippen LogP contribution >= 0.6 is 0 Å². The lowest BCUT2D eigenvalue weighted by Crippen LogP contribution is -2.66. The van der Waals surface area contributed by atoms with Crippen LogP contribution in [-0.2, 0) is 33.2 Å². The maximum atomic E-state index is 13.4. The number of aliphatic hydroxyl groups is 11. The van der Waals surface area contributed by atoms with Crippen LogP contribution in [0.2, 0.25) is 0 Å². The summed E-state index contributed by atoms with van der Waals surface area (Å²) in [4.78, 5) is 13.4. The van der Waals surface area contributed by atoms with Crippen LogP contribution < -0.4 is 5.32 Å². The Morgan fingerprint density at radius 3 is 1.20 bits per heavy atom. The summed E-state index contributed by atoms with van der Waals surface area (Å²) in [6.07, 6.45) is 36.6. The quantitative estimate of drug-likeness (QED) is 0.0199. The summed E-state index contributed by atoms with van der Waals surface area (Å²) >= 11 is 0. The Balaban J connectivity index is 1.34. The Morgan fingerprint density at radius 2 is 0.753 bits per heavy atom. The van der Waals surface area contributed by atoms with Crippen molar-refractivity contribution in [2.45, 2.75) is 349 Å². The number of ether oxygens (including phenoxy) is 6. The number of rotatable bonds is 53. The van der Waals surface area contributed by atoms with E-state index in [2.05, 4.69) is 67.8 Å². The predicted octanol–water partition coefficient (Wildman–Crippen LogP) is 9.16. The largest absolute Gasteiger partial charge is 0.394 e. The van der Waals surface area contributed by atoms with Crippen molar-refractivity contribution in [2.24, 2.45) is 0 Å². The van der Waals surface area contributed by atoms with Crippen LogP contribution in [0.15, 0.2) is 60.8 Å².